The Bertz CT molecular complexity index is 930. The van der Waals surface area contributed by atoms with E-state index in [2.05, 4.69) is 0 Å². The Labute approximate surface area is 140 Å². The Hall–Kier alpha value is -3.01. The molecule has 4 nitrogen and oxygen atoms in total. The standard InChI is InChI=1S/C20H18O4/c1-12-4-6-15(7-5-12)17-11-16-9-14(8-13(2)20(21)22)10-18(23-3)19(16)24-17/h4-11H,1-3H3,(H,21,22)/b13-8+. The average molecular weight is 322 g/mol. The Morgan fingerprint density at radius 2 is 1.88 bits per heavy atom. The summed E-state index contributed by atoms with van der Waals surface area (Å²) < 4.78 is 11.4. The highest BCUT2D eigenvalue weighted by Crippen LogP contribution is 2.35. The summed E-state index contributed by atoms with van der Waals surface area (Å²) in [5.41, 5.74) is 3.84. The first-order valence-electron chi connectivity index (χ1n) is 7.58. The molecular weight excluding hydrogens is 304 g/mol. The molecule has 24 heavy (non-hydrogen) atoms. The van der Waals surface area contributed by atoms with Gasteiger partial charge in [0.25, 0.3) is 0 Å². The molecule has 0 spiro atoms. The van der Waals surface area contributed by atoms with Gasteiger partial charge in [-0.05, 0) is 43.7 Å². The van der Waals surface area contributed by atoms with Crippen LogP contribution >= 0.6 is 0 Å². The molecule has 1 heterocycles. The summed E-state index contributed by atoms with van der Waals surface area (Å²) >= 11 is 0. The van der Waals surface area contributed by atoms with E-state index in [9.17, 15) is 4.79 Å². The molecule has 0 amide bonds. The van der Waals surface area contributed by atoms with Gasteiger partial charge >= 0.3 is 5.97 Å². The fourth-order valence-electron chi connectivity index (χ4n) is 2.55. The molecule has 3 aromatic rings. The molecule has 0 atom stereocenters. The van der Waals surface area contributed by atoms with Gasteiger partial charge in [0.2, 0.25) is 0 Å². The minimum atomic E-state index is -0.943. The molecule has 2 aromatic carbocycles. The highest BCUT2D eigenvalue weighted by molar-refractivity contribution is 5.94. The van der Waals surface area contributed by atoms with E-state index in [4.69, 9.17) is 14.3 Å². The molecule has 0 radical (unpaired) electrons. The van der Waals surface area contributed by atoms with Crippen molar-refractivity contribution in [3.8, 4) is 17.1 Å². The molecule has 4 heteroatoms. The summed E-state index contributed by atoms with van der Waals surface area (Å²) in [6.45, 7) is 3.60. The quantitative estimate of drug-likeness (QED) is 0.694. The molecule has 0 unspecified atom stereocenters. The van der Waals surface area contributed by atoms with Crippen LogP contribution in [0.3, 0.4) is 0 Å². The lowest BCUT2D eigenvalue weighted by Gasteiger charge is -2.03. The molecule has 122 valence electrons. The number of fused-ring (bicyclic) bond motifs is 1. The number of ether oxygens (including phenoxy) is 1. The minimum Gasteiger partial charge on any atom is -0.493 e. The van der Waals surface area contributed by atoms with E-state index in [1.165, 1.54) is 5.56 Å². The Morgan fingerprint density at radius 3 is 2.50 bits per heavy atom. The van der Waals surface area contributed by atoms with Crippen LogP contribution < -0.4 is 4.74 Å². The molecule has 0 aliphatic rings. The molecule has 0 fully saturated rings. The van der Waals surface area contributed by atoms with Crippen molar-refractivity contribution in [2.75, 3.05) is 7.11 Å². The fraction of sp³-hybridized carbons (Fsp3) is 0.150. The number of carboxylic acid groups (broad SMARTS) is 1. The summed E-state index contributed by atoms with van der Waals surface area (Å²) in [5.74, 6) is 0.385. The lowest BCUT2D eigenvalue weighted by atomic mass is 10.1. The number of carboxylic acids is 1. The molecule has 0 saturated carbocycles. The zero-order valence-electron chi connectivity index (χ0n) is 13.8. The third-order valence-electron chi connectivity index (χ3n) is 3.88. The Morgan fingerprint density at radius 1 is 1.17 bits per heavy atom. The van der Waals surface area contributed by atoms with Gasteiger partial charge in [0, 0.05) is 16.5 Å². The second kappa shape index (κ2) is 6.24. The van der Waals surface area contributed by atoms with Crippen LogP contribution in [-0.2, 0) is 4.79 Å². The molecule has 1 N–H and O–H groups in total. The van der Waals surface area contributed by atoms with Crippen LogP contribution in [0.4, 0.5) is 0 Å². The zero-order chi connectivity index (χ0) is 17.3. The predicted octanol–water partition coefficient (Wildman–Crippen LogP) is 4.90. The highest BCUT2D eigenvalue weighted by atomic mass is 16.5. The second-order valence-corrected chi connectivity index (χ2v) is 5.75. The van der Waals surface area contributed by atoms with Crippen LogP contribution in [0.2, 0.25) is 0 Å². The topological polar surface area (TPSA) is 59.7 Å². The van der Waals surface area contributed by atoms with Crippen molar-refractivity contribution in [1.82, 2.24) is 0 Å². The van der Waals surface area contributed by atoms with Crippen LogP contribution in [0, 0.1) is 6.92 Å². The van der Waals surface area contributed by atoms with E-state index < -0.39 is 5.97 Å². The van der Waals surface area contributed by atoms with Crippen molar-refractivity contribution in [3.63, 3.8) is 0 Å². The summed E-state index contributed by atoms with van der Waals surface area (Å²) in [6, 6.07) is 13.7. The maximum absolute atomic E-state index is 11.0. The molecule has 0 aliphatic heterocycles. The monoisotopic (exact) mass is 322 g/mol. The van der Waals surface area contributed by atoms with Gasteiger partial charge in [-0.3, -0.25) is 0 Å². The van der Waals surface area contributed by atoms with Crippen LogP contribution in [0.15, 0.2) is 52.5 Å². The van der Waals surface area contributed by atoms with Gasteiger partial charge < -0.3 is 14.3 Å². The molecular formula is C20H18O4. The highest BCUT2D eigenvalue weighted by Gasteiger charge is 2.12. The summed E-state index contributed by atoms with van der Waals surface area (Å²) in [4.78, 5) is 11.0. The molecule has 1 aromatic heterocycles. The van der Waals surface area contributed by atoms with Crippen molar-refractivity contribution in [1.29, 1.82) is 0 Å². The zero-order valence-corrected chi connectivity index (χ0v) is 13.8. The van der Waals surface area contributed by atoms with Gasteiger partial charge in [-0.25, -0.2) is 4.79 Å². The smallest absolute Gasteiger partial charge is 0.331 e. The van der Waals surface area contributed by atoms with Crippen molar-refractivity contribution >= 4 is 23.0 Å². The molecule has 0 aliphatic carbocycles. The van der Waals surface area contributed by atoms with Crippen molar-refractivity contribution in [3.05, 3.63) is 59.2 Å². The molecule has 0 bridgehead atoms. The van der Waals surface area contributed by atoms with Crippen LogP contribution in [0.5, 0.6) is 5.75 Å². The third-order valence-corrected chi connectivity index (χ3v) is 3.88. The van der Waals surface area contributed by atoms with E-state index in [0.29, 0.717) is 11.3 Å². The summed E-state index contributed by atoms with van der Waals surface area (Å²) in [6.07, 6.45) is 1.61. The number of furan rings is 1. The molecule has 0 saturated heterocycles. The maximum atomic E-state index is 11.0. The lowest BCUT2D eigenvalue weighted by Crippen LogP contribution is -1.95. The van der Waals surface area contributed by atoms with Crippen LogP contribution in [0.25, 0.3) is 28.4 Å². The number of aryl methyl sites for hydroxylation is 1. The van der Waals surface area contributed by atoms with Crippen molar-refractivity contribution in [2.45, 2.75) is 13.8 Å². The Kier molecular flexibility index (Phi) is 4.13. The number of hydrogen-bond donors (Lipinski definition) is 1. The molecule has 3 rings (SSSR count). The SMILES string of the molecule is COc1cc(/C=C(\C)C(=O)O)cc2cc(-c3ccc(C)cc3)oc12. The number of carbonyl (C=O) groups is 1. The number of rotatable bonds is 4. The number of methoxy groups -OCH3 is 1. The first kappa shape index (κ1) is 15.9. The number of benzene rings is 2. The normalized spacial score (nSPS) is 11.7. The van der Waals surface area contributed by atoms with Gasteiger partial charge in [0.1, 0.15) is 5.76 Å². The van der Waals surface area contributed by atoms with E-state index in [-0.39, 0.29) is 5.57 Å². The third kappa shape index (κ3) is 3.04. The first-order chi connectivity index (χ1) is 11.5. The fourth-order valence-corrected chi connectivity index (χ4v) is 2.55. The second-order valence-electron chi connectivity index (χ2n) is 5.75. The van der Waals surface area contributed by atoms with Gasteiger partial charge in [-0.2, -0.15) is 0 Å². The minimum absolute atomic E-state index is 0.263. The largest absolute Gasteiger partial charge is 0.493 e. The Balaban J connectivity index is 2.13. The average Bonchev–Trinajstić information content (AvgIpc) is 2.98. The number of aliphatic carboxylic acids is 1. The summed E-state index contributed by atoms with van der Waals surface area (Å²) in [5, 5.41) is 9.91. The van der Waals surface area contributed by atoms with Gasteiger partial charge in [-0.15, -0.1) is 0 Å². The van der Waals surface area contributed by atoms with Gasteiger partial charge in [0.15, 0.2) is 11.3 Å². The van der Waals surface area contributed by atoms with E-state index in [0.717, 1.165) is 22.3 Å². The maximum Gasteiger partial charge on any atom is 0.331 e. The van der Waals surface area contributed by atoms with Crippen LogP contribution in [0.1, 0.15) is 18.1 Å². The van der Waals surface area contributed by atoms with Crippen LogP contribution in [-0.4, -0.2) is 18.2 Å². The van der Waals surface area contributed by atoms with Gasteiger partial charge in [0.05, 0.1) is 7.11 Å². The predicted molar refractivity (Wildman–Crippen MR) is 94.2 cm³/mol. The lowest BCUT2D eigenvalue weighted by molar-refractivity contribution is -0.132. The van der Waals surface area contributed by atoms with E-state index in [1.54, 1.807) is 26.2 Å². The van der Waals surface area contributed by atoms with Gasteiger partial charge in [-0.1, -0.05) is 29.8 Å². The van der Waals surface area contributed by atoms with Crippen molar-refractivity contribution in [2.24, 2.45) is 0 Å². The number of hydrogen-bond acceptors (Lipinski definition) is 3. The van der Waals surface area contributed by atoms with Crippen molar-refractivity contribution < 1.29 is 19.1 Å². The summed E-state index contributed by atoms with van der Waals surface area (Å²) in [7, 11) is 1.57. The van der Waals surface area contributed by atoms with E-state index >= 15 is 0 Å². The first-order valence-corrected chi connectivity index (χ1v) is 7.58. The van der Waals surface area contributed by atoms with E-state index in [1.807, 2.05) is 43.3 Å².